The van der Waals surface area contributed by atoms with Crippen molar-refractivity contribution in [2.45, 2.75) is 31.3 Å². The topological polar surface area (TPSA) is 53.2 Å². The van der Waals surface area contributed by atoms with E-state index in [1.54, 1.807) is 0 Å². The molecule has 5 heteroatoms. The van der Waals surface area contributed by atoms with Crippen LogP contribution in [0.4, 0.5) is 0 Å². The Hall–Kier alpha value is -1.69. The van der Waals surface area contributed by atoms with Gasteiger partial charge in [-0.1, -0.05) is 30.3 Å². The second-order valence-corrected chi connectivity index (χ2v) is 7.32. The molecular weight excluding hydrogens is 306 g/mol. The van der Waals surface area contributed by atoms with E-state index in [4.69, 9.17) is 0 Å². The SMILES string of the molecule is O=C(NC1CCC2NNCC2C1)c1sccc1-c1ccccc1. The lowest BCUT2D eigenvalue weighted by atomic mass is 9.83. The molecule has 1 saturated heterocycles. The Bertz CT molecular complexity index is 685. The van der Waals surface area contributed by atoms with Crippen molar-refractivity contribution in [1.29, 1.82) is 0 Å². The molecule has 0 radical (unpaired) electrons. The van der Waals surface area contributed by atoms with Crippen LogP contribution in [0.5, 0.6) is 0 Å². The minimum Gasteiger partial charge on any atom is -0.349 e. The maximum absolute atomic E-state index is 12.7. The predicted molar refractivity (Wildman–Crippen MR) is 93.3 cm³/mol. The number of carbonyl (C=O) groups is 1. The van der Waals surface area contributed by atoms with Gasteiger partial charge in [-0.2, -0.15) is 0 Å². The van der Waals surface area contributed by atoms with Crippen LogP contribution in [0.25, 0.3) is 11.1 Å². The molecule has 2 heterocycles. The van der Waals surface area contributed by atoms with Crippen molar-refractivity contribution >= 4 is 17.2 Å². The third kappa shape index (κ3) is 3.04. The van der Waals surface area contributed by atoms with Gasteiger partial charge in [0.25, 0.3) is 5.91 Å². The lowest BCUT2D eigenvalue weighted by molar-refractivity contribution is 0.0923. The highest BCUT2D eigenvalue weighted by atomic mass is 32.1. The van der Waals surface area contributed by atoms with E-state index < -0.39 is 0 Å². The highest BCUT2D eigenvalue weighted by Gasteiger charge is 2.34. The summed E-state index contributed by atoms with van der Waals surface area (Å²) in [4.78, 5) is 13.5. The van der Waals surface area contributed by atoms with Gasteiger partial charge in [0.2, 0.25) is 0 Å². The molecule has 1 aromatic carbocycles. The monoisotopic (exact) mass is 327 g/mol. The van der Waals surface area contributed by atoms with E-state index in [-0.39, 0.29) is 11.9 Å². The number of thiophene rings is 1. The van der Waals surface area contributed by atoms with Gasteiger partial charge >= 0.3 is 0 Å². The zero-order valence-corrected chi connectivity index (χ0v) is 13.7. The van der Waals surface area contributed by atoms with Crippen molar-refractivity contribution < 1.29 is 4.79 Å². The number of hydrogen-bond donors (Lipinski definition) is 3. The van der Waals surface area contributed by atoms with Gasteiger partial charge < -0.3 is 5.32 Å². The van der Waals surface area contributed by atoms with Crippen LogP contribution in [0.2, 0.25) is 0 Å². The average molecular weight is 327 g/mol. The van der Waals surface area contributed by atoms with Gasteiger partial charge in [0.1, 0.15) is 0 Å². The molecule has 4 rings (SSSR count). The quantitative estimate of drug-likeness (QED) is 0.812. The first kappa shape index (κ1) is 14.9. The van der Waals surface area contributed by atoms with E-state index in [0.29, 0.717) is 12.0 Å². The molecule has 0 spiro atoms. The lowest BCUT2D eigenvalue weighted by Gasteiger charge is -2.31. The summed E-state index contributed by atoms with van der Waals surface area (Å²) in [5.74, 6) is 0.701. The molecule has 2 aromatic rings. The first-order valence-corrected chi connectivity index (χ1v) is 9.11. The fourth-order valence-corrected chi connectivity index (χ4v) is 4.53. The third-order valence-electron chi connectivity index (χ3n) is 4.93. The van der Waals surface area contributed by atoms with Gasteiger partial charge in [0.05, 0.1) is 4.88 Å². The minimum absolute atomic E-state index is 0.0706. The molecule has 1 amide bonds. The molecule has 3 unspecified atom stereocenters. The first-order chi connectivity index (χ1) is 11.3. The summed E-state index contributed by atoms with van der Waals surface area (Å²) in [6.07, 6.45) is 3.23. The fraction of sp³-hybridized carbons (Fsp3) is 0.389. The Morgan fingerprint density at radius 1 is 1.17 bits per heavy atom. The Kier molecular flexibility index (Phi) is 4.16. The predicted octanol–water partition coefficient (Wildman–Crippen LogP) is 2.79. The standard InChI is InChI=1S/C18H21N3OS/c22-18(20-14-6-7-16-13(10-14)11-19-21-16)17-15(8-9-23-17)12-4-2-1-3-5-12/h1-5,8-9,13-14,16,19,21H,6-7,10-11H2,(H,20,22). The van der Waals surface area contributed by atoms with E-state index >= 15 is 0 Å². The Balaban J connectivity index is 1.47. The number of nitrogens with one attached hydrogen (secondary N) is 3. The molecule has 2 aliphatic rings. The van der Waals surface area contributed by atoms with E-state index in [9.17, 15) is 4.79 Å². The van der Waals surface area contributed by atoms with Gasteiger partial charge in [-0.15, -0.1) is 11.3 Å². The van der Waals surface area contributed by atoms with E-state index in [0.717, 1.165) is 41.8 Å². The molecule has 23 heavy (non-hydrogen) atoms. The summed E-state index contributed by atoms with van der Waals surface area (Å²) >= 11 is 1.52. The van der Waals surface area contributed by atoms with Crippen molar-refractivity contribution in [3.63, 3.8) is 0 Å². The average Bonchev–Trinajstić information content (AvgIpc) is 3.24. The van der Waals surface area contributed by atoms with Gasteiger partial charge in [0, 0.05) is 24.2 Å². The number of amides is 1. The van der Waals surface area contributed by atoms with E-state index in [1.165, 1.54) is 11.3 Å². The second-order valence-electron chi connectivity index (χ2n) is 6.40. The van der Waals surface area contributed by atoms with Gasteiger partial charge in [0.15, 0.2) is 0 Å². The lowest BCUT2D eigenvalue weighted by Crippen LogP contribution is -2.44. The maximum atomic E-state index is 12.7. The number of carbonyl (C=O) groups excluding carboxylic acids is 1. The minimum atomic E-state index is 0.0706. The Morgan fingerprint density at radius 2 is 2.04 bits per heavy atom. The van der Waals surface area contributed by atoms with Crippen LogP contribution in [0, 0.1) is 5.92 Å². The molecule has 1 aliphatic heterocycles. The van der Waals surface area contributed by atoms with E-state index in [1.807, 2.05) is 29.6 Å². The van der Waals surface area contributed by atoms with Crippen LogP contribution < -0.4 is 16.2 Å². The molecule has 120 valence electrons. The maximum Gasteiger partial charge on any atom is 0.262 e. The molecular formula is C18H21N3OS. The summed E-state index contributed by atoms with van der Waals surface area (Å²) < 4.78 is 0. The number of rotatable bonds is 3. The highest BCUT2D eigenvalue weighted by molar-refractivity contribution is 7.12. The van der Waals surface area contributed by atoms with E-state index in [2.05, 4.69) is 28.3 Å². The molecule has 3 N–H and O–H groups in total. The Labute approximate surface area is 140 Å². The largest absolute Gasteiger partial charge is 0.349 e. The van der Waals surface area contributed by atoms with Crippen LogP contribution in [-0.2, 0) is 0 Å². The smallest absolute Gasteiger partial charge is 0.262 e. The van der Waals surface area contributed by atoms with Crippen molar-refractivity contribution in [2.75, 3.05) is 6.54 Å². The van der Waals surface area contributed by atoms with Crippen LogP contribution in [0.15, 0.2) is 41.8 Å². The van der Waals surface area contributed by atoms with Crippen molar-refractivity contribution in [3.05, 3.63) is 46.7 Å². The van der Waals surface area contributed by atoms with Gasteiger partial charge in [-0.25, -0.2) is 0 Å². The zero-order valence-electron chi connectivity index (χ0n) is 12.9. The fourth-order valence-electron chi connectivity index (χ4n) is 3.71. The van der Waals surface area contributed by atoms with Crippen molar-refractivity contribution in [1.82, 2.24) is 16.2 Å². The molecule has 0 bridgehead atoms. The molecule has 1 aromatic heterocycles. The van der Waals surface area contributed by atoms with Crippen LogP contribution >= 0.6 is 11.3 Å². The van der Waals surface area contributed by atoms with Crippen molar-refractivity contribution in [3.8, 4) is 11.1 Å². The number of fused-ring (bicyclic) bond motifs is 1. The number of hydrazine groups is 1. The normalized spacial score (nSPS) is 26.7. The molecule has 4 nitrogen and oxygen atoms in total. The zero-order chi connectivity index (χ0) is 15.6. The summed E-state index contributed by atoms with van der Waals surface area (Å²) in [6.45, 7) is 1.01. The summed E-state index contributed by atoms with van der Waals surface area (Å²) in [5.41, 5.74) is 8.70. The Morgan fingerprint density at radius 3 is 2.91 bits per heavy atom. The second kappa shape index (κ2) is 6.43. The van der Waals surface area contributed by atoms with Gasteiger partial charge in [-0.3, -0.25) is 15.6 Å². The van der Waals surface area contributed by atoms with Crippen LogP contribution in [0.3, 0.4) is 0 Å². The number of hydrogen-bond acceptors (Lipinski definition) is 4. The molecule has 1 saturated carbocycles. The summed E-state index contributed by atoms with van der Waals surface area (Å²) in [6, 6.07) is 13.0. The summed E-state index contributed by atoms with van der Waals surface area (Å²) in [5, 5.41) is 5.26. The third-order valence-corrected chi connectivity index (χ3v) is 5.84. The van der Waals surface area contributed by atoms with Crippen LogP contribution in [0.1, 0.15) is 28.9 Å². The van der Waals surface area contributed by atoms with Crippen LogP contribution in [-0.4, -0.2) is 24.5 Å². The molecule has 3 atom stereocenters. The van der Waals surface area contributed by atoms with Gasteiger partial charge in [-0.05, 0) is 42.2 Å². The van der Waals surface area contributed by atoms with Crippen molar-refractivity contribution in [2.24, 2.45) is 5.92 Å². The first-order valence-electron chi connectivity index (χ1n) is 8.23. The molecule has 1 aliphatic carbocycles. The highest BCUT2D eigenvalue weighted by Crippen LogP contribution is 2.30. The number of benzene rings is 1. The molecule has 2 fully saturated rings. The summed E-state index contributed by atoms with van der Waals surface area (Å²) in [7, 11) is 0.